The lowest BCUT2D eigenvalue weighted by molar-refractivity contribution is -0.130. The van der Waals surface area contributed by atoms with E-state index >= 15 is 0 Å². The topological polar surface area (TPSA) is 85.8 Å². The van der Waals surface area contributed by atoms with Crippen molar-refractivity contribution in [2.75, 3.05) is 6.54 Å². The Morgan fingerprint density at radius 1 is 1.26 bits per heavy atom. The second-order valence-corrected chi connectivity index (χ2v) is 6.24. The lowest BCUT2D eigenvalue weighted by Gasteiger charge is -2.26. The van der Waals surface area contributed by atoms with Crippen molar-refractivity contribution in [1.29, 1.82) is 0 Å². The molecule has 1 aliphatic carbocycles. The van der Waals surface area contributed by atoms with Crippen LogP contribution in [0.4, 0.5) is 0 Å². The molecule has 0 aliphatic heterocycles. The standard InChI is InChI=1S/C17H23N5O/c18-11-17(7-3-4-8-17)16(23)20-9-14-5-1-2-6-15(14)10-22-13-19-12-21-22/h1-2,5-6,12-13H,3-4,7-11,18H2,(H,20,23). The number of carbonyl (C=O) groups is 1. The molecule has 1 aliphatic rings. The zero-order valence-corrected chi connectivity index (χ0v) is 13.2. The highest BCUT2D eigenvalue weighted by Crippen LogP contribution is 2.37. The molecule has 122 valence electrons. The molecule has 23 heavy (non-hydrogen) atoms. The number of carbonyl (C=O) groups excluding carboxylic acids is 1. The molecule has 0 unspecified atom stereocenters. The first-order chi connectivity index (χ1) is 11.2. The van der Waals surface area contributed by atoms with E-state index in [1.807, 2.05) is 18.2 Å². The third kappa shape index (κ3) is 3.42. The van der Waals surface area contributed by atoms with Gasteiger partial charge >= 0.3 is 0 Å². The Bertz CT molecular complexity index is 647. The molecule has 0 atom stereocenters. The predicted octanol–water partition coefficient (Wildman–Crippen LogP) is 1.46. The number of rotatable bonds is 6. The van der Waals surface area contributed by atoms with E-state index in [0.717, 1.165) is 36.8 Å². The van der Waals surface area contributed by atoms with Crippen LogP contribution in [-0.2, 0) is 17.9 Å². The second-order valence-electron chi connectivity index (χ2n) is 6.24. The first kappa shape index (κ1) is 15.7. The Morgan fingerprint density at radius 3 is 2.65 bits per heavy atom. The molecule has 1 aromatic carbocycles. The molecule has 2 aromatic rings. The number of nitrogens with two attached hydrogens (primary N) is 1. The van der Waals surface area contributed by atoms with Gasteiger partial charge in [-0.3, -0.25) is 4.79 Å². The number of benzene rings is 1. The summed E-state index contributed by atoms with van der Waals surface area (Å²) in [4.78, 5) is 16.5. The summed E-state index contributed by atoms with van der Waals surface area (Å²) in [5, 5.41) is 7.23. The summed E-state index contributed by atoms with van der Waals surface area (Å²) < 4.78 is 1.78. The SMILES string of the molecule is NCC1(C(=O)NCc2ccccc2Cn2cncn2)CCCC1. The Balaban J connectivity index is 1.67. The lowest BCUT2D eigenvalue weighted by atomic mass is 9.85. The maximum atomic E-state index is 12.6. The van der Waals surface area contributed by atoms with E-state index in [-0.39, 0.29) is 11.3 Å². The van der Waals surface area contributed by atoms with Crippen LogP contribution in [0, 0.1) is 5.41 Å². The summed E-state index contributed by atoms with van der Waals surface area (Å²) in [6.07, 6.45) is 7.19. The van der Waals surface area contributed by atoms with E-state index in [4.69, 9.17) is 5.73 Å². The first-order valence-electron chi connectivity index (χ1n) is 8.11. The summed E-state index contributed by atoms with van der Waals surface area (Å²) in [6, 6.07) is 8.07. The monoisotopic (exact) mass is 313 g/mol. The van der Waals surface area contributed by atoms with Gasteiger partial charge in [0, 0.05) is 13.1 Å². The third-order valence-electron chi connectivity index (χ3n) is 4.79. The van der Waals surface area contributed by atoms with Crippen molar-refractivity contribution >= 4 is 5.91 Å². The van der Waals surface area contributed by atoms with E-state index in [2.05, 4.69) is 21.5 Å². The van der Waals surface area contributed by atoms with Crippen LogP contribution in [0.15, 0.2) is 36.9 Å². The molecule has 1 saturated carbocycles. The molecule has 0 bridgehead atoms. The van der Waals surface area contributed by atoms with Crippen LogP contribution in [0.2, 0.25) is 0 Å². The maximum absolute atomic E-state index is 12.6. The molecular formula is C17H23N5O. The Hall–Kier alpha value is -2.21. The second kappa shape index (κ2) is 6.91. The normalized spacial score (nSPS) is 16.4. The van der Waals surface area contributed by atoms with Crippen LogP contribution in [0.3, 0.4) is 0 Å². The van der Waals surface area contributed by atoms with E-state index in [9.17, 15) is 4.79 Å². The highest BCUT2D eigenvalue weighted by Gasteiger charge is 2.39. The number of hydrogen-bond donors (Lipinski definition) is 2. The van der Waals surface area contributed by atoms with Gasteiger partial charge in [0.25, 0.3) is 0 Å². The van der Waals surface area contributed by atoms with Crippen LogP contribution in [0.5, 0.6) is 0 Å². The quantitative estimate of drug-likeness (QED) is 0.845. The van der Waals surface area contributed by atoms with Crippen LogP contribution in [0.1, 0.15) is 36.8 Å². The van der Waals surface area contributed by atoms with E-state index in [0.29, 0.717) is 19.6 Å². The fourth-order valence-electron chi connectivity index (χ4n) is 3.31. The summed E-state index contributed by atoms with van der Waals surface area (Å²) >= 11 is 0. The van der Waals surface area contributed by atoms with Crippen molar-refractivity contribution in [3.05, 3.63) is 48.0 Å². The van der Waals surface area contributed by atoms with Gasteiger partial charge in [0.05, 0.1) is 12.0 Å². The van der Waals surface area contributed by atoms with Gasteiger partial charge in [0.2, 0.25) is 5.91 Å². The van der Waals surface area contributed by atoms with Gasteiger partial charge < -0.3 is 11.1 Å². The molecule has 1 amide bonds. The van der Waals surface area contributed by atoms with Crippen molar-refractivity contribution in [1.82, 2.24) is 20.1 Å². The van der Waals surface area contributed by atoms with Gasteiger partial charge in [-0.05, 0) is 24.0 Å². The van der Waals surface area contributed by atoms with Gasteiger partial charge in [-0.15, -0.1) is 0 Å². The molecule has 3 rings (SSSR count). The summed E-state index contributed by atoms with van der Waals surface area (Å²) in [6.45, 7) is 1.60. The first-order valence-corrected chi connectivity index (χ1v) is 8.11. The zero-order chi connectivity index (χ0) is 16.1. The molecule has 6 nitrogen and oxygen atoms in total. The molecular weight excluding hydrogens is 290 g/mol. The average molecular weight is 313 g/mol. The zero-order valence-electron chi connectivity index (χ0n) is 13.2. The van der Waals surface area contributed by atoms with Gasteiger partial charge in [-0.1, -0.05) is 37.1 Å². The van der Waals surface area contributed by atoms with Gasteiger partial charge in [0.15, 0.2) is 0 Å². The maximum Gasteiger partial charge on any atom is 0.227 e. The molecule has 1 fully saturated rings. The van der Waals surface area contributed by atoms with Crippen LogP contribution < -0.4 is 11.1 Å². The summed E-state index contributed by atoms with van der Waals surface area (Å²) in [5.41, 5.74) is 7.75. The minimum atomic E-state index is -0.360. The number of nitrogens with one attached hydrogen (secondary N) is 1. The van der Waals surface area contributed by atoms with Crippen molar-refractivity contribution in [2.24, 2.45) is 11.1 Å². The summed E-state index contributed by atoms with van der Waals surface area (Å²) in [5.74, 6) is 0.0908. The van der Waals surface area contributed by atoms with E-state index < -0.39 is 0 Å². The van der Waals surface area contributed by atoms with Crippen molar-refractivity contribution in [3.63, 3.8) is 0 Å². The van der Waals surface area contributed by atoms with Crippen molar-refractivity contribution in [3.8, 4) is 0 Å². The minimum absolute atomic E-state index is 0.0908. The third-order valence-corrected chi connectivity index (χ3v) is 4.79. The highest BCUT2D eigenvalue weighted by molar-refractivity contribution is 5.83. The molecule has 0 radical (unpaired) electrons. The number of amides is 1. The Labute approximate surface area is 136 Å². The van der Waals surface area contributed by atoms with Crippen molar-refractivity contribution in [2.45, 2.75) is 38.8 Å². The van der Waals surface area contributed by atoms with E-state index in [1.165, 1.54) is 6.33 Å². The Morgan fingerprint density at radius 2 is 2.00 bits per heavy atom. The smallest absolute Gasteiger partial charge is 0.227 e. The molecule has 1 heterocycles. The highest BCUT2D eigenvalue weighted by atomic mass is 16.2. The largest absolute Gasteiger partial charge is 0.351 e. The minimum Gasteiger partial charge on any atom is -0.351 e. The lowest BCUT2D eigenvalue weighted by Crippen LogP contribution is -2.43. The molecule has 6 heteroatoms. The van der Waals surface area contributed by atoms with Gasteiger partial charge in [0.1, 0.15) is 12.7 Å². The van der Waals surface area contributed by atoms with Gasteiger partial charge in [-0.2, -0.15) is 5.10 Å². The van der Waals surface area contributed by atoms with Crippen LogP contribution in [0.25, 0.3) is 0 Å². The van der Waals surface area contributed by atoms with Crippen LogP contribution in [-0.4, -0.2) is 27.2 Å². The molecule has 0 saturated heterocycles. The Kier molecular flexibility index (Phi) is 4.71. The molecule has 0 spiro atoms. The predicted molar refractivity (Wildman–Crippen MR) is 87.4 cm³/mol. The van der Waals surface area contributed by atoms with Crippen molar-refractivity contribution < 1.29 is 4.79 Å². The van der Waals surface area contributed by atoms with E-state index in [1.54, 1.807) is 11.0 Å². The number of hydrogen-bond acceptors (Lipinski definition) is 4. The number of aromatic nitrogens is 3. The molecule has 3 N–H and O–H groups in total. The number of nitrogens with zero attached hydrogens (tertiary/aromatic N) is 3. The van der Waals surface area contributed by atoms with Crippen LogP contribution >= 0.6 is 0 Å². The molecule has 1 aromatic heterocycles. The fraction of sp³-hybridized carbons (Fsp3) is 0.471. The average Bonchev–Trinajstić information content (AvgIpc) is 3.26. The van der Waals surface area contributed by atoms with Gasteiger partial charge in [-0.25, -0.2) is 9.67 Å². The fourth-order valence-corrected chi connectivity index (χ4v) is 3.31. The summed E-state index contributed by atoms with van der Waals surface area (Å²) in [7, 11) is 0.